The van der Waals surface area contributed by atoms with E-state index in [9.17, 15) is 10.1 Å². The summed E-state index contributed by atoms with van der Waals surface area (Å²) in [7, 11) is 0. The number of aromatic amines is 1. The van der Waals surface area contributed by atoms with Gasteiger partial charge in [0.05, 0.1) is 22.2 Å². The highest BCUT2D eigenvalue weighted by molar-refractivity contribution is 6.33. The van der Waals surface area contributed by atoms with Crippen LogP contribution in [0.25, 0.3) is 22.6 Å². The number of halogens is 1. The van der Waals surface area contributed by atoms with Crippen molar-refractivity contribution < 1.29 is 4.92 Å². The van der Waals surface area contributed by atoms with E-state index in [1.54, 1.807) is 24.7 Å². The fraction of sp³-hybridized carbons (Fsp3) is 0.0500. The smallest absolute Gasteiger partial charge is 0.287 e. The molecule has 3 heterocycles. The Bertz CT molecular complexity index is 1180. The van der Waals surface area contributed by atoms with Crippen LogP contribution in [0.1, 0.15) is 11.9 Å². The van der Waals surface area contributed by atoms with Crippen molar-refractivity contribution in [2.45, 2.75) is 6.04 Å². The highest BCUT2D eigenvalue weighted by Gasteiger charge is 2.18. The highest BCUT2D eigenvalue weighted by atomic mass is 35.5. The number of rotatable bonds is 6. The van der Waals surface area contributed by atoms with Crippen LogP contribution in [-0.2, 0) is 0 Å². The van der Waals surface area contributed by atoms with E-state index in [4.69, 9.17) is 11.6 Å². The van der Waals surface area contributed by atoms with Crippen LogP contribution in [0.3, 0.4) is 0 Å². The first-order valence-corrected chi connectivity index (χ1v) is 9.22. The van der Waals surface area contributed by atoms with Crippen LogP contribution in [-0.4, -0.2) is 29.8 Å². The Hall–Kier alpha value is -3.85. The van der Waals surface area contributed by atoms with Gasteiger partial charge in [0, 0.05) is 35.2 Å². The van der Waals surface area contributed by atoms with Gasteiger partial charge >= 0.3 is 0 Å². The van der Waals surface area contributed by atoms with Crippen LogP contribution >= 0.6 is 11.6 Å². The molecule has 1 aromatic carbocycles. The molecule has 2 N–H and O–H groups in total. The quantitative estimate of drug-likeness (QED) is 0.348. The highest BCUT2D eigenvalue weighted by Crippen LogP contribution is 2.33. The molecule has 0 saturated heterocycles. The average Bonchev–Trinajstić information content (AvgIpc) is 3.29. The number of nitrogens with zero attached hydrogens (tertiary/aromatic N) is 5. The van der Waals surface area contributed by atoms with Crippen molar-refractivity contribution in [2.24, 2.45) is 0 Å². The van der Waals surface area contributed by atoms with Gasteiger partial charge in [-0.05, 0) is 19.1 Å². The third kappa shape index (κ3) is 3.96. The standard InChI is InChI=1S/C20H15ClN7O2/c1-12(26-17-7-6-13(10-24-17)28(29)30)19-25-11-15(20-22-8-9-23-20)18(27-19)14-4-2-3-5-16(14)21/h2-12H,1H2,(H,22,23)(H,24,26). The van der Waals surface area contributed by atoms with Crippen LogP contribution in [0.5, 0.6) is 0 Å². The first kappa shape index (κ1) is 19.5. The normalized spacial score (nSPS) is 11.8. The summed E-state index contributed by atoms with van der Waals surface area (Å²) in [6, 6.07) is 9.66. The van der Waals surface area contributed by atoms with Gasteiger partial charge in [-0.3, -0.25) is 10.1 Å². The summed E-state index contributed by atoms with van der Waals surface area (Å²) in [5.41, 5.74) is 1.93. The predicted molar refractivity (Wildman–Crippen MR) is 113 cm³/mol. The van der Waals surface area contributed by atoms with E-state index in [2.05, 4.69) is 37.2 Å². The number of anilines is 1. The fourth-order valence-electron chi connectivity index (χ4n) is 2.83. The summed E-state index contributed by atoms with van der Waals surface area (Å²) in [4.78, 5) is 30.8. The minimum atomic E-state index is -0.564. The lowest BCUT2D eigenvalue weighted by molar-refractivity contribution is -0.385. The van der Waals surface area contributed by atoms with Crippen molar-refractivity contribution in [3.05, 3.63) is 89.1 Å². The number of H-pyrrole nitrogens is 1. The molecule has 0 aliphatic rings. The molecule has 0 amide bonds. The van der Waals surface area contributed by atoms with E-state index in [1.807, 2.05) is 18.2 Å². The van der Waals surface area contributed by atoms with E-state index in [0.29, 0.717) is 33.7 Å². The summed E-state index contributed by atoms with van der Waals surface area (Å²) >= 11 is 6.41. The van der Waals surface area contributed by atoms with Crippen molar-refractivity contribution in [1.82, 2.24) is 24.9 Å². The number of hydrogen-bond acceptors (Lipinski definition) is 7. The summed E-state index contributed by atoms with van der Waals surface area (Å²) in [5, 5.41) is 14.4. The lowest BCUT2D eigenvalue weighted by Crippen LogP contribution is -2.13. The van der Waals surface area contributed by atoms with E-state index >= 15 is 0 Å². The van der Waals surface area contributed by atoms with Crippen molar-refractivity contribution in [1.29, 1.82) is 0 Å². The van der Waals surface area contributed by atoms with Gasteiger partial charge in [-0.2, -0.15) is 0 Å². The molecule has 1 unspecified atom stereocenters. The average molecular weight is 421 g/mol. The lowest BCUT2D eigenvalue weighted by Gasteiger charge is -2.16. The molecular weight excluding hydrogens is 406 g/mol. The summed E-state index contributed by atoms with van der Waals surface area (Å²) in [6.07, 6.45) is 6.19. The van der Waals surface area contributed by atoms with Gasteiger partial charge in [0.2, 0.25) is 0 Å². The van der Waals surface area contributed by atoms with Gasteiger partial charge in [-0.1, -0.05) is 29.8 Å². The number of benzene rings is 1. The summed E-state index contributed by atoms with van der Waals surface area (Å²) < 4.78 is 0. The second-order valence-electron chi connectivity index (χ2n) is 6.26. The Morgan fingerprint density at radius 3 is 2.60 bits per heavy atom. The van der Waals surface area contributed by atoms with Crippen LogP contribution in [0, 0.1) is 17.0 Å². The van der Waals surface area contributed by atoms with E-state index in [-0.39, 0.29) is 5.69 Å². The third-order valence-corrected chi connectivity index (χ3v) is 4.61. The van der Waals surface area contributed by atoms with Crippen LogP contribution in [0.15, 0.2) is 61.2 Å². The van der Waals surface area contributed by atoms with Gasteiger partial charge in [-0.25, -0.2) is 19.9 Å². The molecule has 10 heteroatoms. The molecule has 0 aliphatic carbocycles. The third-order valence-electron chi connectivity index (χ3n) is 4.28. The molecular formula is C20H15ClN7O2. The minimum Gasteiger partial charge on any atom is -0.360 e. The van der Waals surface area contributed by atoms with Crippen molar-refractivity contribution in [3.63, 3.8) is 0 Å². The van der Waals surface area contributed by atoms with Gasteiger partial charge in [0.15, 0.2) is 5.82 Å². The molecule has 4 aromatic rings. The van der Waals surface area contributed by atoms with E-state index < -0.39 is 11.0 Å². The summed E-state index contributed by atoms with van der Waals surface area (Å²) in [6.45, 7) is 4.04. The SMILES string of the molecule is [CH2]C(Nc1ccc([N+](=O)[O-])cn1)c1ncc(-c2ncc[nH]2)c(-c2ccccc2Cl)n1. The number of nitro groups is 1. The lowest BCUT2D eigenvalue weighted by atomic mass is 10.1. The zero-order valence-corrected chi connectivity index (χ0v) is 16.2. The molecule has 3 aromatic heterocycles. The van der Waals surface area contributed by atoms with Gasteiger partial charge in [-0.15, -0.1) is 0 Å². The molecule has 30 heavy (non-hydrogen) atoms. The second-order valence-corrected chi connectivity index (χ2v) is 6.67. The molecule has 0 saturated carbocycles. The second kappa shape index (κ2) is 8.26. The number of hydrogen-bond donors (Lipinski definition) is 2. The number of imidazole rings is 1. The summed E-state index contributed by atoms with van der Waals surface area (Å²) in [5.74, 6) is 1.43. The van der Waals surface area contributed by atoms with Crippen LogP contribution in [0.2, 0.25) is 5.02 Å². The van der Waals surface area contributed by atoms with Gasteiger partial charge < -0.3 is 10.3 Å². The zero-order valence-electron chi connectivity index (χ0n) is 15.5. The molecule has 0 spiro atoms. The number of nitrogens with one attached hydrogen (secondary N) is 2. The monoisotopic (exact) mass is 420 g/mol. The fourth-order valence-corrected chi connectivity index (χ4v) is 3.06. The molecule has 0 aliphatic heterocycles. The Balaban J connectivity index is 1.69. The largest absolute Gasteiger partial charge is 0.360 e. The van der Waals surface area contributed by atoms with Crippen molar-refractivity contribution in [2.75, 3.05) is 5.32 Å². The molecule has 0 fully saturated rings. The Labute approximate surface area is 176 Å². The van der Waals surface area contributed by atoms with Gasteiger partial charge in [0.25, 0.3) is 5.69 Å². The van der Waals surface area contributed by atoms with Crippen LogP contribution in [0.4, 0.5) is 11.5 Å². The molecule has 0 bridgehead atoms. The zero-order chi connectivity index (χ0) is 21.1. The molecule has 1 radical (unpaired) electrons. The maximum absolute atomic E-state index is 10.8. The number of aromatic nitrogens is 5. The Morgan fingerprint density at radius 2 is 1.93 bits per heavy atom. The van der Waals surface area contributed by atoms with Crippen LogP contribution < -0.4 is 5.32 Å². The topological polar surface area (TPSA) is 123 Å². The molecule has 1 atom stereocenters. The Morgan fingerprint density at radius 1 is 1.10 bits per heavy atom. The molecule has 9 nitrogen and oxygen atoms in total. The number of pyridine rings is 1. The predicted octanol–water partition coefficient (Wildman–Crippen LogP) is 4.48. The molecule has 4 rings (SSSR count). The van der Waals surface area contributed by atoms with Crippen molar-refractivity contribution >= 4 is 23.1 Å². The van der Waals surface area contributed by atoms with Crippen molar-refractivity contribution in [3.8, 4) is 22.6 Å². The van der Waals surface area contributed by atoms with Gasteiger partial charge in [0.1, 0.15) is 17.8 Å². The van der Waals surface area contributed by atoms with E-state index in [1.165, 1.54) is 18.3 Å². The minimum absolute atomic E-state index is 0.0961. The molecule has 149 valence electrons. The Kier molecular flexibility index (Phi) is 5.36. The maximum atomic E-state index is 10.8. The first-order valence-electron chi connectivity index (χ1n) is 8.84. The first-order chi connectivity index (χ1) is 14.5. The van der Waals surface area contributed by atoms with E-state index in [0.717, 1.165) is 5.56 Å². The maximum Gasteiger partial charge on any atom is 0.287 e.